The summed E-state index contributed by atoms with van der Waals surface area (Å²) >= 11 is 0. The van der Waals surface area contributed by atoms with Crippen LogP contribution in [0.2, 0.25) is 0 Å². The molecule has 0 saturated carbocycles. The third-order valence-electron chi connectivity index (χ3n) is 4.20. The Bertz CT molecular complexity index is 421. The lowest BCUT2D eigenvalue weighted by atomic mass is 9.89. The summed E-state index contributed by atoms with van der Waals surface area (Å²) in [6.07, 6.45) is 6.11. The monoisotopic (exact) mass is 257 g/mol. The van der Waals surface area contributed by atoms with Crippen molar-refractivity contribution in [3.05, 3.63) is 47.5 Å². The van der Waals surface area contributed by atoms with E-state index in [9.17, 15) is 0 Å². The van der Waals surface area contributed by atoms with Crippen LogP contribution in [0.4, 0.5) is 0 Å². The van der Waals surface area contributed by atoms with Crippen molar-refractivity contribution in [2.75, 3.05) is 6.54 Å². The summed E-state index contributed by atoms with van der Waals surface area (Å²) in [6, 6.07) is 9.59. The molecule has 2 unspecified atom stereocenters. The number of nitrogens with one attached hydrogen (secondary N) is 1. The quantitative estimate of drug-likeness (QED) is 0.712. The zero-order valence-corrected chi connectivity index (χ0v) is 12.4. The first kappa shape index (κ1) is 14.3. The van der Waals surface area contributed by atoms with Gasteiger partial charge in [-0.2, -0.15) is 0 Å². The van der Waals surface area contributed by atoms with Gasteiger partial charge >= 0.3 is 0 Å². The van der Waals surface area contributed by atoms with E-state index < -0.39 is 0 Å². The van der Waals surface area contributed by atoms with Crippen LogP contribution < -0.4 is 5.32 Å². The number of hydrogen-bond acceptors (Lipinski definition) is 1. The highest BCUT2D eigenvalue weighted by Crippen LogP contribution is 2.36. The number of rotatable bonds is 7. The van der Waals surface area contributed by atoms with E-state index in [1.807, 2.05) is 0 Å². The largest absolute Gasteiger partial charge is 0.313 e. The molecule has 19 heavy (non-hydrogen) atoms. The van der Waals surface area contributed by atoms with Gasteiger partial charge in [0.2, 0.25) is 0 Å². The predicted molar refractivity (Wildman–Crippen MR) is 83.6 cm³/mol. The van der Waals surface area contributed by atoms with Crippen molar-refractivity contribution >= 4 is 0 Å². The minimum absolute atomic E-state index is 0.611. The number of hydrogen-bond donors (Lipinski definition) is 1. The summed E-state index contributed by atoms with van der Waals surface area (Å²) in [5.41, 5.74) is 4.44. The molecule has 1 aliphatic rings. The topological polar surface area (TPSA) is 12.0 Å². The molecule has 0 fully saturated rings. The summed E-state index contributed by atoms with van der Waals surface area (Å²) in [4.78, 5) is 0. The molecule has 0 heterocycles. The van der Waals surface area contributed by atoms with Gasteiger partial charge in [-0.05, 0) is 62.6 Å². The number of aryl methyl sites for hydroxylation is 1. The van der Waals surface area contributed by atoms with Gasteiger partial charge in [0, 0.05) is 6.04 Å². The highest BCUT2D eigenvalue weighted by Gasteiger charge is 2.28. The Balaban J connectivity index is 2.07. The van der Waals surface area contributed by atoms with Crippen LogP contribution in [0.3, 0.4) is 0 Å². The van der Waals surface area contributed by atoms with E-state index in [1.54, 1.807) is 11.1 Å². The number of benzene rings is 1. The van der Waals surface area contributed by atoms with Crippen LogP contribution in [-0.4, -0.2) is 12.6 Å². The Labute approximate surface area is 118 Å². The molecular formula is C18H27N. The fourth-order valence-corrected chi connectivity index (χ4v) is 3.19. The molecule has 1 aromatic rings. The predicted octanol–water partition coefficient (Wildman–Crippen LogP) is 4.44. The zero-order chi connectivity index (χ0) is 13.7. The number of allylic oxidation sites excluding steroid dienone is 1. The summed E-state index contributed by atoms with van der Waals surface area (Å²) in [5, 5.41) is 3.77. The molecule has 1 heteroatoms. The van der Waals surface area contributed by atoms with Gasteiger partial charge < -0.3 is 5.32 Å². The van der Waals surface area contributed by atoms with Crippen LogP contribution >= 0.6 is 0 Å². The van der Waals surface area contributed by atoms with E-state index >= 15 is 0 Å². The van der Waals surface area contributed by atoms with Gasteiger partial charge in [0.25, 0.3) is 0 Å². The molecule has 0 aromatic heterocycles. The van der Waals surface area contributed by atoms with Gasteiger partial charge in [0.05, 0.1) is 0 Å². The second-order valence-corrected chi connectivity index (χ2v) is 5.90. The maximum Gasteiger partial charge on any atom is 0.0139 e. The van der Waals surface area contributed by atoms with E-state index in [0.717, 1.165) is 13.0 Å². The lowest BCUT2D eigenvalue weighted by Crippen LogP contribution is -2.34. The van der Waals surface area contributed by atoms with Crippen molar-refractivity contribution in [1.29, 1.82) is 0 Å². The third kappa shape index (κ3) is 3.70. The smallest absolute Gasteiger partial charge is 0.0139 e. The SMILES string of the molecule is C=C(C)CCC(NCCC)C1CCc2ccccc21. The molecular weight excluding hydrogens is 230 g/mol. The Morgan fingerprint density at radius 3 is 2.95 bits per heavy atom. The molecule has 0 amide bonds. The van der Waals surface area contributed by atoms with Gasteiger partial charge in [-0.1, -0.05) is 36.8 Å². The molecule has 0 radical (unpaired) electrons. The van der Waals surface area contributed by atoms with Crippen molar-refractivity contribution < 1.29 is 0 Å². The summed E-state index contributed by atoms with van der Waals surface area (Å²) in [7, 11) is 0. The van der Waals surface area contributed by atoms with Crippen molar-refractivity contribution in [3.63, 3.8) is 0 Å². The standard InChI is InChI=1S/C18H27N/c1-4-13-19-18(12-9-14(2)3)17-11-10-15-7-5-6-8-16(15)17/h5-8,17-19H,2,4,9-13H2,1,3H3. The summed E-state index contributed by atoms with van der Waals surface area (Å²) in [5.74, 6) is 0.696. The lowest BCUT2D eigenvalue weighted by Gasteiger charge is -2.26. The molecule has 2 rings (SSSR count). The van der Waals surface area contributed by atoms with Crippen LogP contribution in [0, 0.1) is 0 Å². The molecule has 1 aliphatic carbocycles. The van der Waals surface area contributed by atoms with Crippen molar-refractivity contribution in [3.8, 4) is 0 Å². The van der Waals surface area contributed by atoms with Crippen LogP contribution in [-0.2, 0) is 6.42 Å². The fraction of sp³-hybridized carbons (Fsp3) is 0.556. The minimum atomic E-state index is 0.611. The van der Waals surface area contributed by atoms with Crippen molar-refractivity contribution in [2.45, 2.75) is 57.9 Å². The van der Waals surface area contributed by atoms with Gasteiger partial charge in [-0.25, -0.2) is 0 Å². The second-order valence-electron chi connectivity index (χ2n) is 5.90. The Morgan fingerprint density at radius 2 is 2.21 bits per heavy atom. The minimum Gasteiger partial charge on any atom is -0.313 e. The van der Waals surface area contributed by atoms with Gasteiger partial charge in [0.1, 0.15) is 0 Å². The molecule has 1 nitrogen and oxygen atoms in total. The summed E-state index contributed by atoms with van der Waals surface area (Å²) < 4.78 is 0. The van der Waals surface area contributed by atoms with Crippen molar-refractivity contribution in [2.24, 2.45) is 0 Å². The van der Waals surface area contributed by atoms with Crippen molar-refractivity contribution in [1.82, 2.24) is 5.32 Å². The molecule has 0 spiro atoms. The van der Waals surface area contributed by atoms with E-state index in [1.165, 1.54) is 31.3 Å². The first-order chi connectivity index (χ1) is 9.22. The maximum atomic E-state index is 4.05. The van der Waals surface area contributed by atoms with Crippen LogP contribution in [0.25, 0.3) is 0 Å². The first-order valence-electron chi connectivity index (χ1n) is 7.68. The average molecular weight is 257 g/mol. The first-order valence-corrected chi connectivity index (χ1v) is 7.68. The summed E-state index contributed by atoms with van der Waals surface area (Å²) in [6.45, 7) is 9.55. The highest BCUT2D eigenvalue weighted by molar-refractivity contribution is 5.36. The zero-order valence-electron chi connectivity index (χ0n) is 12.4. The van der Waals surface area contributed by atoms with Gasteiger partial charge in [-0.3, -0.25) is 0 Å². The molecule has 0 saturated heterocycles. The lowest BCUT2D eigenvalue weighted by molar-refractivity contribution is 0.405. The molecule has 0 bridgehead atoms. The van der Waals surface area contributed by atoms with Gasteiger partial charge in [0.15, 0.2) is 0 Å². The maximum absolute atomic E-state index is 4.05. The highest BCUT2D eigenvalue weighted by atomic mass is 14.9. The van der Waals surface area contributed by atoms with E-state index in [-0.39, 0.29) is 0 Å². The Hall–Kier alpha value is -1.08. The molecule has 104 valence electrons. The van der Waals surface area contributed by atoms with Crippen LogP contribution in [0.15, 0.2) is 36.4 Å². The van der Waals surface area contributed by atoms with E-state index in [4.69, 9.17) is 0 Å². The van der Waals surface area contributed by atoms with E-state index in [0.29, 0.717) is 12.0 Å². The van der Waals surface area contributed by atoms with Crippen LogP contribution in [0.1, 0.15) is 56.6 Å². The Morgan fingerprint density at radius 1 is 1.42 bits per heavy atom. The third-order valence-corrected chi connectivity index (χ3v) is 4.20. The number of fused-ring (bicyclic) bond motifs is 1. The van der Waals surface area contributed by atoms with E-state index in [2.05, 4.69) is 50.0 Å². The normalized spacial score (nSPS) is 19.2. The average Bonchev–Trinajstić information content (AvgIpc) is 2.83. The molecule has 1 N–H and O–H groups in total. The van der Waals surface area contributed by atoms with Gasteiger partial charge in [-0.15, -0.1) is 6.58 Å². The molecule has 0 aliphatic heterocycles. The second kappa shape index (κ2) is 6.91. The Kier molecular flexibility index (Phi) is 5.21. The fourth-order valence-electron chi connectivity index (χ4n) is 3.19. The molecule has 2 atom stereocenters. The molecule has 1 aromatic carbocycles. The van der Waals surface area contributed by atoms with Crippen LogP contribution in [0.5, 0.6) is 0 Å².